The molecule has 37 heavy (non-hydrogen) atoms. The fourth-order valence-electron chi connectivity index (χ4n) is 3.57. The summed E-state index contributed by atoms with van der Waals surface area (Å²) in [6, 6.07) is 9.37. The van der Waals surface area contributed by atoms with Crippen LogP contribution in [0.15, 0.2) is 52.2 Å². The van der Waals surface area contributed by atoms with Gasteiger partial charge in [0, 0.05) is 12.3 Å². The van der Waals surface area contributed by atoms with Gasteiger partial charge in [0.25, 0.3) is 5.56 Å². The fraction of sp³-hybridized carbons (Fsp3) is 0.522. The molecule has 1 aromatic carbocycles. The third-order valence-corrected chi connectivity index (χ3v) is 8.87. The number of benzene rings is 1. The molecule has 1 unspecified atom stereocenters. The minimum Gasteiger partial charge on any atom is -0.463 e. The summed E-state index contributed by atoms with van der Waals surface area (Å²) in [6.45, 7) is 6.06. The number of alkyl halides is 2. The van der Waals surface area contributed by atoms with E-state index in [0.29, 0.717) is 0 Å². The van der Waals surface area contributed by atoms with E-state index in [1.807, 2.05) is 0 Å². The average Bonchev–Trinajstić information content (AvgIpc) is 3.01. The molecule has 0 spiro atoms. The molecule has 2 heterocycles. The highest BCUT2D eigenvalue weighted by molar-refractivity contribution is 9.10. The zero-order chi connectivity index (χ0) is 27.6. The molecule has 3 rings (SSSR count). The van der Waals surface area contributed by atoms with Gasteiger partial charge in [-0.15, -0.1) is 0 Å². The van der Waals surface area contributed by atoms with Crippen molar-refractivity contribution in [3.05, 3.63) is 63.4 Å². The Hall–Kier alpha value is -1.95. The Labute approximate surface area is 226 Å². The zero-order valence-corrected chi connectivity index (χ0v) is 23.9. The van der Waals surface area contributed by atoms with Gasteiger partial charge in [-0.05, 0) is 39.8 Å². The first-order chi connectivity index (χ1) is 17.1. The lowest BCUT2D eigenvalue weighted by Gasteiger charge is -2.29. The Morgan fingerprint density at radius 1 is 1.30 bits per heavy atom. The molecule has 14 heteroatoms. The van der Waals surface area contributed by atoms with Gasteiger partial charge in [-0.2, -0.15) is 0 Å². The predicted octanol–water partition coefficient (Wildman–Crippen LogP) is 3.39. The molecule has 0 bridgehead atoms. The third-order valence-electron chi connectivity index (χ3n) is 5.39. The maximum Gasteiger partial charge on any atom is 0.380 e. The number of hydrogen-bond acceptors (Lipinski definition) is 9. The van der Waals surface area contributed by atoms with Gasteiger partial charge in [-0.3, -0.25) is 23.7 Å². The number of aliphatic hydroxyl groups is 1. The molecule has 1 fully saturated rings. The van der Waals surface area contributed by atoms with Crippen molar-refractivity contribution in [1.29, 1.82) is 0 Å². The first kappa shape index (κ1) is 29.6. The molecule has 0 radical (unpaired) electrons. The Balaban J connectivity index is 1.84. The first-order valence-corrected chi connectivity index (χ1v) is 14.3. The van der Waals surface area contributed by atoms with Gasteiger partial charge in [-0.1, -0.05) is 45.7 Å². The van der Waals surface area contributed by atoms with Crippen molar-refractivity contribution in [2.24, 2.45) is 5.41 Å². The lowest BCUT2D eigenvalue weighted by molar-refractivity contribution is -0.156. The van der Waals surface area contributed by atoms with Gasteiger partial charge < -0.3 is 19.1 Å². The fourth-order valence-corrected chi connectivity index (χ4v) is 6.62. The number of nitrogens with one attached hydrogen (secondary N) is 1. The highest BCUT2D eigenvalue weighted by Crippen LogP contribution is 2.54. The van der Waals surface area contributed by atoms with Crippen molar-refractivity contribution in [1.82, 2.24) is 9.55 Å². The van der Waals surface area contributed by atoms with Gasteiger partial charge in [0.05, 0.1) is 24.3 Å². The molecule has 0 amide bonds. The number of aliphatic hydroxyl groups excluding tert-OH is 1. The van der Waals surface area contributed by atoms with Crippen LogP contribution in [0, 0.1) is 5.41 Å². The molecule has 1 saturated heterocycles. The van der Waals surface area contributed by atoms with Crippen LogP contribution >= 0.6 is 35.1 Å². The van der Waals surface area contributed by atoms with Gasteiger partial charge >= 0.3 is 19.3 Å². The molecule has 2 aromatic rings. The number of halogens is 2. The molecule has 5 atom stereocenters. The summed E-state index contributed by atoms with van der Waals surface area (Å²) < 4.78 is 35.8. The second-order valence-electron chi connectivity index (χ2n) is 9.47. The molecular weight excluding hydrogens is 595 g/mol. The smallest absolute Gasteiger partial charge is 0.380 e. The molecule has 0 aliphatic carbocycles. The number of esters is 1. The maximum atomic E-state index is 13.9. The van der Waals surface area contributed by atoms with E-state index >= 15 is 0 Å². The molecule has 11 nitrogen and oxygen atoms in total. The first-order valence-electron chi connectivity index (χ1n) is 11.4. The summed E-state index contributed by atoms with van der Waals surface area (Å²) in [5.74, 6) is -0.338. The van der Waals surface area contributed by atoms with E-state index in [-0.39, 0.29) is 18.0 Å². The van der Waals surface area contributed by atoms with Crippen LogP contribution in [0.1, 0.15) is 33.9 Å². The van der Waals surface area contributed by atoms with Gasteiger partial charge in [0.1, 0.15) is 18.0 Å². The Bertz CT molecular complexity index is 1260. The zero-order valence-electron chi connectivity index (χ0n) is 20.6. The second kappa shape index (κ2) is 11.4. The molecule has 1 aliphatic rings. The summed E-state index contributed by atoms with van der Waals surface area (Å²) in [5.41, 5.74) is -2.67. The van der Waals surface area contributed by atoms with Crippen LogP contribution in [0.5, 0.6) is 5.75 Å². The number of aromatic amines is 1. The SMILES string of the molecule is CC(C)OC(=O)C(C)(C)CP(=O)(OC[C@H]1O[C@@H](n2ccc(=O)[nH]c2=O)[C@](Cl)(Br)[C@@H]1O)Oc1ccccc1. The van der Waals surface area contributed by atoms with Gasteiger partial charge in [-0.25, -0.2) is 9.36 Å². The minimum atomic E-state index is -4.05. The number of ether oxygens (including phenoxy) is 2. The van der Waals surface area contributed by atoms with Crippen molar-refractivity contribution < 1.29 is 33.0 Å². The van der Waals surface area contributed by atoms with E-state index in [0.717, 1.165) is 10.6 Å². The topological polar surface area (TPSA) is 146 Å². The molecular formula is C23H29BrClN2O9P. The number of carbonyl (C=O) groups excluding carboxylic acids is 1. The van der Waals surface area contributed by atoms with Crippen molar-refractivity contribution in [2.45, 2.75) is 56.0 Å². The normalized spacial score (nSPS) is 25.6. The monoisotopic (exact) mass is 622 g/mol. The van der Waals surface area contributed by atoms with Crippen molar-refractivity contribution in [2.75, 3.05) is 12.8 Å². The van der Waals surface area contributed by atoms with Crippen LogP contribution in [0.3, 0.4) is 0 Å². The lowest BCUT2D eigenvalue weighted by atomic mass is 9.97. The number of H-pyrrole nitrogens is 1. The van der Waals surface area contributed by atoms with Crippen LogP contribution in [0.4, 0.5) is 0 Å². The number of para-hydroxylation sites is 1. The van der Waals surface area contributed by atoms with E-state index in [9.17, 15) is 24.1 Å². The third kappa shape index (κ3) is 7.13. The molecule has 1 aliphatic heterocycles. The highest BCUT2D eigenvalue weighted by atomic mass is 79.9. The van der Waals surface area contributed by atoms with E-state index in [1.165, 1.54) is 6.20 Å². The van der Waals surface area contributed by atoms with Crippen LogP contribution in [-0.2, 0) is 23.4 Å². The Morgan fingerprint density at radius 3 is 2.54 bits per heavy atom. The summed E-state index contributed by atoms with van der Waals surface area (Å²) in [7, 11) is -4.05. The van der Waals surface area contributed by atoms with E-state index in [1.54, 1.807) is 58.0 Å². The summed E-state index contributed by atoms with van der Waals surface area (Å²) in [5, 5.41) is 10.8. The van der Waals surface area contributed by atoms with Crippen LogP contribution in [0.25, 0.3) is 0 Å². The number of nitrogens with zero attached hydrogens (tertiary/aromatic N) is 1. The van der Waals surface area contributed by atoms with E-state index < -0.39 is 59.1 Å². The second-order valence-corrected chi connectivity index (χ2v) is 13.8. The predicted molar refractivity (Wildman–Crippen MR) is 139 cm³/mol. The summed E-state index contributed by atoms with van der Waals surface area (Å²) in [6.07, 6.45) is -3.41. The van der Waals surface area contributed by atoms with Crippen molar-refractivity contribution in [3.63, 3.8) is 0 Å². The van der Waals surface area contributed by atoms with Gasteiger partial charge in [0.15, 0.2) is 10.0 Å². The molecule has 1 aromatic heterocycles. The van der Waals surface area contributed by atoms with E-state index in [4.69, 9.17) is 30.1 Å². The van der Waals surface area contributed by atoms with Crippen LogP contribution in [-0.4, -0.2) is 55.5 Å². The van der Waals surface area contributed by atoms with Gasteiger partial charge in [0.2, 0.25) is 0 Å². The Kier molecular flexibility index (Phi) is 9.14. The van der Waals surface area contributed by atoms with Crippen LogP contribution in [0.2, 0.25) is 0 Å². The number of hydrogen-bond donors (Lipinski definition) is 2. The number of aromatic nitrogens is 2. The van der Waals surface area contributed by atoms with Crippen LogP contribution < -0.4 is 15.8 Å². The minimum absolute atomic E-state index is 0.247. The largest absolute Gasteiger partial charge is 0.463 e. The lowest BCUT2D eigenvalue weighted by Crippen LogP contribution is -2.41. The standard InChI is InChI=1S/C23H29BrClN2O9P/c1-14(2)34-20(30)22(3,4)13-37(32,36-15-8-6-5-7-9-15)33-12-16-18(29)23(24,25)19(35-16)27-11-10-17(28)26-21(27)31/h5-11,14,16,18-19,29H,12-13H2,1-4H3,(H,26,28,31)/t16-,18-,19-,23+,37?/m1/s1. The number of carbonyl (C=O) groups is 1. The van der Waals surface area contributed by atoms with Crippen molar-refractivity contribution in [3.8, 4) is 5.75 Å². The highest BCUT2D eigenvalue weighted by Gasteiger charge is 2.56. The molecule has 0 saturated carbocycles. The van der Waals surface area contributed by atoms with E-state index in [2.05, 4.69) is 20.9 Å². The maximum absolute atomic E-state index is 13.9. The Morgan fingerprint density at radius 2 is 1.95 bits per heavy atom. The summed E-state index contributed by atoms with van der Waals surface area (Å²) in [4.78, 5) is 38.4. The quantitative estimate of drug-likeness (QED) is 0.231. The number of rotatable bonds is 10. The van der Waals surface area contributed by atoms with Crippen molar-refractivity contribution >= 4 is 41.1 Å². The molecule has 204 valence electrons. The molecule has 2 N–H and O–H groups in total. The summed E-state index contributed by atoms with van der Waals surface area (Å²) >= 11 is 9.66. The average molecular weight is 624 g/mol.